The van der Waals surface area contributed by atoms with Gasteiger partial charge in [-0.25, -0.2) is 4.98 Å². The zero-order chi connectivity index (χ0) is 13.8. The second-order valence-electron chi connectivity index (χ2n) is 4.92. The van der Waals surface area contributed by atoms with Crippen molar-refractivity contribution in [3.05, 3.63) is 52.9 Å². The van der Waals surface area contributed by atoms with Gasteiger partial charge in [0.2, 0.25) is 0 Å². The molecule has 0 aliphatic carbocycles. The predicted octanol–water partition coefficient (Wildman–Crippen LogP) is 2.60. The van der Waals surface area contributed by atoms with Crippen LogP contribution in [0.5, 0.6) is 0 Å². The Hall–Kier alpha value is -1.65. The monoisotopic (exact) mass is 288 g/mol. The summed E-state index contributed by atoms with van der Waals surface area (Å²) in [5, 5.41) is 4.19. The van der Waals surface area contributed by atoms with Crippen molar-refractivity contribution in [3.8, 4) is 0 Å². The van der Waals surface area contributed by atoms with Crippen molar-refractivity contribution in [2.45, 2.75) is 13.0 Å². The molecule has 1 aliphatic heterocycles. The number of benzene rings is 1. The molecule has 0 bridgehead atoms. The minimum atomic E-state index is 0.827. The maximum Gasteiger partial charge on any atom is 0.144 e. The smallest absolute Gasteiger partial charge is 0.144 e. The predicted molar refractivity (Wildman–Crippen MR) is 81.0 cm³/mol. The first-order valence-corrected chi connectivity index (χ1v) is 7.19. The van der Waals surface area contributed by atoms with Crippen LogP contribution in [0.25, 0.3) is 0 Å². The fourth-order valence-corrected chi connectivity index (χ4v) is 2.83. The fraction of sp³-hybridized carbons (Fsp3) is 0.333. The molecule has 2 heterocycles. The number of anilines is 1. The van der Waals surface area contributed by atoms with Crippen molar-refractivity contribution < 1.29 is 0 Å². The number of halogens is 1. The third kappa shape index (κ3) is 3.08. The average molecular weight is 289 g/mol. The maximum absolute atomic E-state index is 6.23. The average Bonchev–Trinajstić information content (AvgIpc) is 2.48. The van der Waals surface area contributed by atoms with Gasteiger partial charge in [0.25, 0.3) is 0 Å². The van der Waals surface area contributed by atoms with Crippen LogP contribution >= 0.6 is 11.6 Å². The second kappa shape index (κ2) is 6.20. The molecule has 3 rings (SSSR count). The highest BCUT2D eigenvalue weighted by molar-refractivity contribution is 6.31. The molecule has 0 saturated heterocycles. The van der Waals surface area contributed by atoms with E-state index in [1.165, 1.54) is 11.1 Å². The summed E-state index contributed by atoms with van der Waals surface area (Å²) in [5.41, 5.74) is 2.66. The van der Waals surface area contributed by atoms with Crippen LogP contribution in [0.4, 0.5) is 5.82 Å². The lowest BCUT2D eigenvalue weighted by Gasteiger charge is -2.29. The van der Waals surface area contributed by atoms with Gasteiger partial charge >= 0.3 is 0 Å². The van der Waals surface area contributed by atoms with Crippen LogP contribution in [0.1, 0.15) is 11.1 Å². The summed E-state index contributed by atoms with van der Waals surface area (Å²) < 4.78 is 0. The van der Waals surface area contributed by atoms with Crippen LogP contribution in [-0.4, -0.2) is 34.5 Å². The molecule has 0 atom stereocenters. The molecule has 104 valence electrons. The third-order valence-corrected chi connectivity index (χ3v) is 3.94. The summed E-state index contributed by atoms with van der Waals surface area (Å²) in [5.74, 6) is 0.827. The van der Waals surface area contributed by atoms with Gasteiger partial charge in [-0.05, 0) is 23.6 Å². The third-order valence-electron chi connectivity index (χ3n) is 3.59. The van der Waals surface area contributed by atoms with Crippen molar-refractivity contribution in [1.82, 2.24) is 14.9 Å². The summed E-state index contributed by atoms with van der Waals surface area (Å²) >= 11 is 6.23. The van der Waals surface area contributed by atoms with E-state index in [1.54, 1.807) is 18.6 Å². The van der Waals surface area contributed by atoms with E-state index in [0.29, 0.717) is 0 Å². The number of nitrogens with zero attached hydrogens (tertiary/aromatic N) is 3. The van der Waals surface area contributed by atoms with Gasteiger partial charge in [0.1, 0.15) is 5.82 Å². The minimum Gasteiger partial charge on any atom is -0.368 e. The van der Waals surface area contributed by atoms with E-state index in [4.69, 9.17) is 11.6 Å². The molecule has 0 unspecified atom stereocenters. The molecular weight excluding hydrogens is 272 g/mol. The van der Waals surface area contributed by atoms with Gasteiger partial charge in [-0.3, -0.25) is 9.88 Å². The number of fused-ring (bicyclic) bond motifs is 1. The maximum atomic E-state index is 6.23. The molecule has 0 amide bonds. The number of hydrogen-bond donors (Lipinski definition) is 1. The van der Waals surface area contributed by atoms with Crippen molar-refractivity contribution in [2.24, 2.45) is 0 Å². The number of rotatable bonds is 4. The van der Waals surface area contributed by atoms with E-state index in [2.05, 4.69) is 26.3 Å². The minimum absolute atomic E-state index is 0.827. The lowest BCUT2D eigenvalue weighted by molar-refractivity contribution is 0.264. The topological polar surface area (TPSA) is 41.0 Å². The van der Waals surface area contributed by atoms with Crippen LogP contribution in [-0.2, 0) is 13.0 Å². The Morgan fingerprint density at radius 1 is 1.30 bits per heavy atom. The van der Waals surface area contributed by atoms with Gasteiger partial charge in [0.05, 0.1) is 6.20 Å². The Balaban J connectivity index is 1.53. The molecule has 2 aromatic rings. The summed E-state index contributed by atoms with van der Waals surface area (Å²) in [4.78, 5) is 10.7. The Kier molecular flexibility index (Phi) is 4.14. The molecule has 1 aromatic carbocycles. The highest BCUT2D eigenvalue weighted by atomic mass is 35.5. The Labute approximate surface area is 123 Å². The number of nitrogens with one attached hydrogen (secondary N) is 1. The molecule has 1 N–H and O–H groups in total. The van der Waals surface area contributed by atoms with Crippen molar-refractivity contribution in [3.63, 3.8) is 0 Å². The van der Waals surface area contributed by atoms with E-state index in [0.717, 1.165) is 43.4 Å². The van der Waals surface area contributed by atoms with E-state index in [-0.39, 0.29) is 0 Å². The fourth-order valence-electron chi connectivity index (χ4n) is 2.54. The van der Waals surface area contributed by atoms with Crippen molar-refractivity contribution in [1.29, 1.82) is 0 Å². The molecular formula is C15H17ClN4. The highest BCUT2D eigenvalue weighted by Crippen LogP contribution is 2.25. The molecule has 1 aromatic heterocycles. The normalized spacial score (nSPS) is 14.8. The largest absolute Gasteiger partial charge is 0.368 e. The Bertz CT molecular complexity index is 573. The van der Waals surface area contributed by atoms with Crippen LogP contribution in [0.15, 0.2) is 36.8 Å². The molecule has 0 radical (unpaired) electrons. The highest BCUT2D eigenvalue weighted by Gasteiger charge is 2.17. The van der Waals surface area contributed by atoms with Gasteiger partial charge in [0.15, 0.2) is 0 Å². The van der Waals surface area contributed by atoms with E-state index >= 15 is 0 Å². The Morgan fingerprint density at radius 2 is 2.25 bits per heavy atom. The van der Waals surface area contributed by atoms with Gasteiger partial charge in [-0.15, -0.1) is 0 Å². The number of aromatic nitrogens is 2. The first kappa shape index (κ1) is 13.3. The molecule has 20 heavy (non-hydrogen) atoms. The Morgan fingerprint density at radius 3 is 3.10 bits per heavy atom. The van der Waals surface area contributed by atoms with Crippen molar-refractivity contribution in [2.75, 3.05) is 25.0 Å². The summed E-state index contributed by atoms with van der Waals surface area (Å²) in [7, 11) is 0. The van der Waals surface area contributed by atoms with Crippen LogP contribution < -0.4 is 5.32 Å². The van der Waals surface area contributed by atoms with Crippen LogP contribution in [0.2, 0.25) is 5.02 Å². The first-order valence-electron chi connectivity index (χ1n) is 6.81. The zero-order valence-electron chi connectivity index (χ0n) is 11.2. The second-order valence-corrected chi connectivity index (χ2v) is 5.33. The molecule has 0 fully saturated rings. The molecule has 0 spiro atoms. The van der Waals surface area contributed by atoms with Gasteiger partial charge in [0, 0.05) is 43.6 Å². The van der Waals surface area contributed by atoms with Crippen LogP contribution in [0, 0.1) is 0 Å². The summed E-state index contributed by atoms with van der Waals surface area (Å²) in [6, 6.07) is 6.18. The van der Waals surface area contributed by atoms with Crippen molar-refractivity contribution >= 4 is 17.4 Å². The van der Waals surface area contributed by atoms with Gasteiger partial charge < -0.3 is 5.32 Å². The van der Waals surface area contributed by atoms with E-state index in [1.807, 2.05) is 12.1 Å². The standard InChI is InChI=1S/C15H17ClN4/c16-14-3-1-2-12-11-20(8-4-13(12)14)9-7-19-15-10-17-5-6-18-15/h1-3,5-6,10H,4,7-9,11H2,(H,18,19). The van der Waals surface area contributed by atoms with Crippen LogP contribution in [0.3, 0.4) is 0 Å². The zero-order valence-corrected chi connectivity index (χ0v) is 12.0. The molecule has 4 nitrogen and oxygen atoms in total. The first-order chi connectivity index (χ1) is 9.83. The SMILES string of the molecule is Clc1cccc2c1CCN(CCNc1cnccn1)C2. The molecule has 5 heteroatoms. The van der Waals surface area contributed by atoms with E-state index < -0.39 is 0 Å². The van der Waals surface area contributed by atoms with Gasteiger partial charge in [-0.2, -0.15) is 0 Å². The summed E-state index contributed by atoms with van der Waals surface area (Å²) in [6.07, 6.45) is 6.14. The lowest BCUT2D eigenvalue weighted by Crippen LogP contribution is -2.34. The molecule has 0 saturated carbocycles. The lowest BCUT2D eigenvalue weighted by atomic mass is 10.00. The molecule has 1 aliphatic rings. The quantitative estimate of drug-likeness (QED) is 0.939. The number of hydrogen-bond acceptors (Lipinski definition) is 4. The van der Waals surface area contributed by atoms with E-state index in [9.17, 15) is 0 Å². The van der Waals surface area contributed by atoms with Gasteiger partial charge in [-0.1, -0.05) is 23.7 Å². The summed E-state index contributed by atoms with van der Waals surface area (Å²) in [6.45, 7) is 3.88.